The van der Waals surface area contributed by atoms with Crippen molar-refractivity contribution < 1.29 is 23.1 Å². The maximum atomic E-state index is 12.9. The van der Waals surface area contributed by atoms with Crippen molar-refractivity contribution in [3.05, 3.63) is 42.5 Å². The van der Waals surface area contributed by atoms with Crippen molar-refractivity contribution in [3.63, 3.8) is 0 Å². The molecule has 2 aromatic rings. The molecule has 1 atom stereocenters. The van der Waals surface area contributed by atoms with Crippen LogP contribution in [0.15, 0.2) is 36.7 Å². The molecule has 0 aliphatic carbocycles. The topological polar surface area (TPSA) is 71.2 Å². The summed E-state index contributed by atoms with van der Waals surface area (Å²) >= 11 is 0. The molecule has 140 valence electrons. The van der Waals surface area contributed by atoms with E-state index in [2.05, 4.69) is 10.2 Å². The van der Waals surface area contributed by atoms with E-state index in [1.807, 2.05) is 34.9 Å². The molecule has 9 heteroatoms. The molecule has 1 amide bonds. The molecule has 1 aliphatic rings. The molecule has 1 aromatic carbocycles. The molecule has 26 heavy (non-hydrogen) atoms. The van der Waals surface area contributed by atoms with Crippen LogP contribution >= 0.6 is 0 Å². The van der Waals surface area contributed by atoms with Gasteiger partial charge in [0.25, 0.3) is 5.91 Å². The summed E-state index contributed by atoms with van der Waals surface area (Å²) in [6.45, 7) is 0.738. The van der Waals surface area contributed by atoms with Gasteiger partial charge in [-0.1, -0.05) is 18.2 Å². The fraction of sp³-hybridized carbons (Fsp3) is 0.471. The van der Waals surface area contributed by atoms with Gasteiger partial charge in [0.1, 0.15) is 12.2 Å². The van der Waals surface area contributed by atoms with E-state index in [4.69, 9.17) is 0 Å². The summed E-state index contributed by atoms with van der Waals surface area (Å²) in [5, 5.41) is 17.7. The van der Waals surface area contributed by atoms with Gasteiger partial charge in [0.05, 0.1) is 0 Å². The normalized spacial score (nSPS) is 18.6. The number of aliphatic hydroxyl groups is 1. The van der Waals surface area contributed by atoms with Gasteiger partial charge in [0.2, 0.25) is 5.60 Å². The molecular weight excluding hydrogens is 349 g/mol. The van der Waals surface area contributed by atoms with E-state index >= 15 is 0 Å². The number of nitrogens with zero attached hydrogens (tertiary/aromatic N) is 4. The highest BCUT2D eigenvalue weighted by atomic mass is 19.4. The van der Waals surface area contributed by atoms with Gasteiger partial charge in [-0.05, 0) is 31.9 Å². The second-order valence-corrected chi connectivity index (χ2v) is 6.53. The van der Waals surface area contributed by atoms with Crippen molar-refractivity contribution >= 4 is 5.91 Å². The Bertz CT molecular complexity index is 766. The number of benzene rings is 1. The molecule has 1 aliphatic heterocycles. The molecular formula is C17H19F3N4O2. The molecule has 0 spiro atoms. The van der Waals surface area contributed by atoms with E-state index in [9.17, 15) is 23.1 Å². The van der Waals surface area contributed by atoms with E-state index in [0.29, 0.717) is 25.6 Å². The first-order chi connectivity index (χ1) is 12.2. The molecule has 1 fully saturated rings. The number of carbonyl (C=O) groups excluding carboxylic acids is 1. The summed E-state index contributed by atoms with van der Waals surface area (Å²) in [5.74, 6) is -0.628. The minimum atomic E-state index is -5.01. The van der Waals surface area contributed by atoms with E-state index < -0.39 is 17.7 Å². The standard InChI is InChI=1S/C17H19F3N4O2/c1-16(26,17(18,19)20)15(25)23-9-7-12(8-10-23)14-22-21-11-24(14)13-5-3-2-4-6-13/h2-6,11-12,26H,7-10H2,1H3/t16-/m1/s1. The monoisotopic (exact) mass is 368 g/mol. The molecule has 0 unspecified atom stereocenters. The number of likely N-dealkylation sites (tertiary alicyclic amines) is 1. The Kier molecular flexibility index (Phi) is 4.74. The van der Waals surface area contributed by atoms with E-state index in [1.54, 1.807) is 6.33 Å². The molecule has 0 radical (unpaired) electrons. The van der Waals surface area contributed by atoms with Gasteiger partial charge < -0.3 is 10.0 Å². The summed E-state index contributed by atoms with van der Waals surface area (Å²) in [5.41, 5.74) is -2.48. The van der Waals surface area contributed by atoms with Crippen LogP contribution in [0.5, 0.6) is 0 Å². The third kappa shape index (κ3) is 3.31. The predicted octanol–water partition coefficient (Wildman–Crippen LogP) is 2.29. The Hall–Kier alpha value is -2.42. The quantitative estimate of drug-likeness (QED) is 0.902. The molecule has 0 bridgehead atoms. The van der Waals surface area contributed by atoms with Crippen LogP contribution in [-0.4, -0.2) is 55.5 Å². The summed E-state index contributed by atoms with van der Waals surface area (Å²) in [7, 11) is 0. The highest BCUT2D eigenvalue weighted by Gasteiger charge is 2.57. The second-order valence-electron chi connectivity index (χ2n) is 6.53. The highest BCUT2D eigenvalue weighted by molar-refractivity contribution is 5.85. The Labute approximate surface area is 148 Å². The van der Waals surface area contributed by atoms with Gasteiger partial charge in [0, 0.05) is 24.7 Å². The minimum Gasteiger partial charge on any atom is -0.373 e. The van der Waals surface area contributed by atoms with Crippen LogP contribution in [-0.2, 0) is 4.79 Å². The lowest BCUT2D eigenvalue weighted by molar-refractivity contribution is -0.250. The number of rotatable bonds is 3. The zero-order chi connectivity index (χ0) is 18.9. The van der Waals surface area contributed by atoms with Crippen molar-refractivity contribution in [2.75, 3.05) is 13.1 Å². The van der Waals surface area contributed by atoms with E-state index in [0.717, 1.165) is 10.6 Å². The molecule has 1 N–H and O–H groups in total. The first-order valence-electron chi connectivity index (χ1n) is 8.25. The first kappa shape index (κ1) is 18.4. The number of aromatic nitrogens is 3. The van der Waals surface area contributed by atoms with Crippen molar-refractivity contribution in [1.82, 2.24) is 19.7 Å². The zero-order valence-corrected chi connectivity index (χ0v) is 14.1. The number of carbonyl (C=O) groups is 1. The van der Waals surface area contributed by atoms with Gasteiger partial charge >= 0.3 is 6.18 Å². The van der Waals surface area contributed by atoms with Crippen LogP contribution in [0.1, 0.15) is 31.5 Å². The largest absolute Gasteiger partial charge is 0.426 e. The SMILES string of the molecule is C[C@@](O)(C(=O)N1CCC(c2nncn2-c2ccccc2)CC1)C(F)(F)F. The van der Waals surface area contributed by atoms with Crippen LogP contribution in [0.25, 0.3) is 5.69 Å². The van der Waals surface area contributed by atoms with Gasteiger partial charge in [-0.15, -0.1) is 10.2 Å². The number of para-hydroxylation sites is 1. The molecule has 0 saturated carbocycles. The van der Waals surface area contributed by atoms with Crippen molar-refractivity contribution in [1.29, 1.82) is 0 Å². The lowest BCUT2D eigenvalue weighted by Crippen LogP contribution is -2.57. The number of halogens is 3. The fourth-order valence-electron chi connectivity index (χ4n) is 3.08. The third-order valence-electron chi connectivity index (χ3n) is 4.72. The van der Waals surface area contributed by atoms with Crippen molar-refractivity contribution in [2.24, 2.45) is 0 Å². The van der Waals surface area contributed by atoms with Gasteiger partial charge in [0.15, 0.2) is 0 Å². The smallest absolute Gasteiger partial charge is 0.373 e. The number of hydrogen-bond acceptors (Lipinski definition) is 4. The maximum absolute atomic E-state index is 12.9. The summed E-state index contributed by atoms with van der Waals surface area (Å²) in [4.78, 5) is 13.1. The molecule has 2 heterocycles. The van der Waals surface area contributed by atoms with Crippen LogP contribution in [0.2, 0.25) is 0 Å². The minimum absolute atomic E-state index is 0.0300. The number of alkyl halides is 3. The first-order valence-corrected chi connectivity index (χ1v) is 8.25. The Balaban J connectivity index is 1.71. The van der Waals surface area contributed by atoms with Crippen LogP contribution in [0, 0.1) is 0 Å². The van der Waals surface area contributed by atoms with Crippen LogP contribution in [0.4, 0.5) is 13.2 Å². The fourth-order valence-corrected chi connectivity index (χ4v) is 3.08. The summed E-state index contributed by atoms with van der Waals surface area (Å²) in [6, 6.07) is 9.49. The molecule has 1 saturated heterocycles. The van der Waals surface area contributed by atoms with Gasteiger partial charge in [-0.25, -0.2) is 0 Å². The molecule has 3 rings (SSSR count). The maximum Gasteiger partial charge on any atom is 0.426 e. The summed E-state index contributed by atoms with van der Waals surface area (Å²) in [6.07, 6.45) is -2.51. The van der Waals surface area contributed by atoms with Crippen LogP contribution in [0.3, 0.4) is 0 Å². The molecule has 6 nitrogen and oxygen atoms in total. The average Bonchev–Trinajstić information content (AvgIpc) is 3.10. The van der Waals surface area contributed by atoms with Gasteiger partial charge in [-0.3, -0.25) is 9.36 Å². The Morgan fingerprint density at radius 2 is 1.81 bits per heavy atom. The lowest BCUT2D eigenvalue weighted by atomic mass is 9.94. The average molecular weight is 368 g/mol. The predicted molar refractivity (Wildman–Crippen MR) is 86.6 cm³/mol. The number of hydrogen-bond donors (Lipinski definition) is 1. The van der Waals surface area contributed by atoms with Crippen LogP contribution < -0.4 is 0 Å². The number of piperidine rings is 1. The molecule has 1 aromatic heterocycles. The second kappa shape index (κ2) is 6.71. The van der Waals surface area contributed by atoms with E-state index in [1.165, 1.54) is 0 Å². The third-order valence-corrected chi connectivity index (χ3v) is 4.72. The highest BCUT2D eigenvalue weighted by Crippen LogP contribution is 2.34. The van der Waals surface area contributed by atoms with Crippen molar-refractivity contribution in [2.45, 2.75) is 37.5 Å². The van der Waals surface area contributed by atoms with E-state index in [-0.39, 0.29) is 19.0 Å². The van der Waals surface area contributed by atoms with Crippen molar-refractivity contribution in [3.8, 4) is 5.69 Å². The lowest BCUT2D eigenvalue weighted by Gasteiger charge is -2.36. The summed E-state index contributed by atoms with van der Waals surface area (Å²) < 4.78 is 40.4. The Morgan fingerprint density at radius 3 is 2.38 bits per heavy atom. The van der Waals surface area contributed by atoms with Gasteiger partial charge in [-0.2, -0.15) is 13.2 Å². The Morgan fingerprint density at radius 1 is 1.19 bits per heavy atom. The number of amides is 1. The zero-order valence-electron chi connectivity index (χ0n) is 14.1.